The Labute approximate surface area is 88.8 Å². The molecule has 15 heavy (non-hydrogen) atoms. The molecule has 1 unspecified atom stereocenters. The molecule has 5 heteroatoms. The number of aromatic nitrogens is 2. The van der Waals surface area contributed by atoms with E-state index in [2.05, 4.69) is 22.7 Å². The first-order valence-electron chi connectivity index (χ1n) is 5.21. The second kappa shape index (κ2) is 3.56. The smallest absolute Gasteiger partial charge is 0.226 e. The minimum Gasteiger partial charge on any atom is -0.365 e. The van der Waals surface area contributed by atoms with Gasteiger partial charge >= 0.3 is 0 Å². The van der Waals surface area contributed by atoms with Gasteiger partial charge < -0.3 is 10.6 Å². The molecule has 0 spiro atoms. The average molecular weight is 208 g/mol. The summed E-state index contributed by atoms with van der Waals surface area (Å²) in [6, 6.07) is 0.195. The maximum atomic E-state index is 11.6. The minimum atomic E-state index is 0.0594. The van der Waals surface area contributed by atoms with Gasteiger partial charge in [0.15, 0.2) is 0 Å². The molecule has 0 fully saturated rings. The molecule has 2 N–H and O–H groups in total. The molecule has 1 aliphatic rings. The zero-order chi connectivity index (χ0) is 11.0. The van der Waals surface area contributed by atoms with Crippen LogP contribution >= 0.6 is 0 Å². The summed E-state index contributed by atoms with van der Waals surface area (Å²) in [6.45, 7) is 3.96. The van der Waals surface area contributed by atoms with E-state index in [-0.39, 0.29) is 11.9 Å². The highest BCUT2D eigenvalue weighted by atomic mass is 16.1. The van der Waals surface area contributed by atoms with Crippen molar-refractivity contribution in [3.8, 4) is 0 Å². The van der Waals surface area contributed by atoms with Gasteiger partial charge in [0.1, 0.15) is 11.5 Å². The topological polar surface area (TPSA) is 59.0 Å². The number of hydrogen-bond donors (Lipinski definition) is 2. The molecule has 0 aliphatic carbocycles. The van der Waals surface area contributed by atoms with Gasteiger partial charge in [-0.25, -0.2) is 0 Å². The van der Waals surface area contributed by atoms with Crippen molar-refractivity contribution < 1.29 is 4.79 Å². The van der Waals surface area contributed by atoms with E-state index in [1.807, 2.05) is 14.0 Å². The zero-order valence-electron chi connectivity index (χ0n) is 9.29. The van der Waals surface area contributed by atoms with E-state index in [0.717, 1.165) is 23.6 Å². The molecule has 82 valence electrons. The second-order valence-corrected chi connectivity index (χ2v) is 3.93. The molecule has 2 heterocycles. The summed E-state index contributed by atoms with van der Waals surface area (Å²) in [5.74, 6) is 0.967. The Morgan fingerprint density at radius 2 is 2.33 bits per heavy atom. The predicted molar refractivity (Wildman–Crippen MR) is 58.9 cm³/mol. The van der Waals surface area contributed by atoms with E-state index in [1.54, 1.807) is 4.68 Å². The third kappa shape index (κ3) is 1.69. The lowest BCUT2D eigenvalue weighted by Gasteiger charge is -2.13. The number of carbonyl (C=O) groups excluding carboxylic acids is 1. The molecule has 2 rings (SSSR count). The fourth-order valence-electron chi connectivity index (χ4n) is 1.88. The third-order valence-corrected chi connectivity index (χ3v) is 2.75. The normalized spacial score (nSPS) is 20.2. The molecule has 0 saturated heterocycles. The maximum absolute atomic E-state index is 11.6. The molecule has 0 saturated carbocycles. The number of hydrogen-bond acceptors (Lipinski definition) is 3. The zero-order valence-corrected chi connectivity index (χ0v) is 9.29. The molecule has 0 aromatic carbocycles. The first-order chi connectivity index (χ1) is 7.11. The van der Waals surface area contributed by atoms with Crippen molar-refractivity contribution >= 4 is 17.4 Å². The summed E-state index contributed by atoms with van der Waals surface area (Å²) in [7, 11) is 1.88. The summed E-state index contributed by atoms with van der Waals surface area (Å²) in [4.78, 5) is 11.6. The first-order valence-corrected chi connectivity index (χ1v) is 5.21. The van der Waals surface area contributed by atoms with Gasteiger partial charge in [0.2, 0.25) is 5.91 Å². The van der Waals surface area contributed by atoms with E-state index in [1.165, 1.54) is 0 Å². The first kappa shape index (κ1) is 10.0. The number of nitrogens with one attached hydrogen (secondary N) is 2. The van der Waals surface area contributed by atoms with Gasteiger partial charge in [-0.05, 0) is 13.3 Å². The maximum Gasteiger partial charge on any atom is 0.226 e. The monoisotopic (exact) mass is 208 g/mol. The summed E-state index contributed by atoms with van der Waals surface area (Å²) in [5, 5.41) is 10.5. The number of nitrogens with zero attached hydrogens (tertiary/aromatic N) is 2. The molecule has 5 nitrogen and oxygen atoms in total. The van der Waals surface area contributed by atoms with Crippen molar-refractivity contribution in [2.24, 2.45) is 7.05 Å². The highest BCUT2D eigenvalue weighted by molar-refractivity contribution is 5.96. The van der Waals surface area contributed by atoms with Crippen LogP contribution in [-0.4, -0.2) is 21.7 Å². The third-order valence-electron chi connectivity index (χ3n) is 2.75. The fourth-order valence-corrected chi connectivity index (χ4v) is 1.88. The fraction of sp³-hybridized carbons (Fsp3) is 0.600. The average Bonchev–Trinajstić information content (AvgIpc) is 2.39. The highest BCUT2D eigenvalue weighted by Gasteiger charge is 2.23. The lowest BCUT2D eigenvalue weighted by atomic mass is 10.1. The van der Waals surface area contributed by atoms with Gasteiger partial charge in [-0.15, -0.1) is 0 Å². The Balaban J connectivity index is 2.42. The van der Waals surface area contributed by atoms with Gasteiger partial charge in [0, 0.05) is 19.5 Å². The molecular weight excluding hydrogens is 192 g/mol. The minimum absolute atomic E-state index is 0.0594. The van der Waals surface area contributed by atoms with Crippen LogP contribution in [-0.2, 0) is 11.8 Å². The molecular formula is C10H16N4O. The lowest BCUT2D eigenvalue weighted by molar-refractivity contribution is -0.116. The van der Waals surface area contributed by atoms with E-state index >= 15 is 0 Å². The van der Waals surface area contributed by atoms with Crippen molar-refractivity contribution in [3.63, 3.8) is 0 Å². The highest BCUT2D eigenvalue weighted by Crippen LogP contribution is 2.29. The predicted octanol–water partition coefficient (Wildman–Crippen LogP) is 1.26. The molecule has 1 aromatic heterocycles. The summed E-state index contributed by atoms with van der Waals surface area (Å²) < 4.78 is 1.78. The molecule has 0 bridgehead atoms. The van der Waals surface area contributed by atoms with Crippen LogP contribution < -0.4 is 10.6 Å². The van der Waals surface area contributed by atoms with Gasteiger partial charge in [-0.1, -0.05) is 6.92 Å². The van der Waals surface area contributed by atoms with Crippen LogP contribution in [0.25, 0.3) is 0 Å². The van der Waals surface area contributed by atoms with Gasteiger partial charge in [0.25, 0.3) is 0 Å². The van der Waals surface area contributed by atoms with Crippen LogP contribution in [0.3, 0.4) is 0 Å². The van der Waals surface area contributed by atoms with Crippen LogP contribution in [0.2, 0.25) is 0 Å². The van der Waals surface area contributed by atoms with Crippen LogP contribution in [0, 0.1) is 6.92 Å². The number of fused-ring (bicyclic) bond motifs is 1. The van der Waals surface area contributed by atoms with E-state index < -0.39 is 0 Å². The molecule has 1 aliphatic heterocycles. The van der Waals surface area contributed by atoms with E-state index in [0.29, 0.717) is 6.42 Å². The Morgan fingerprint density at radius 3 is 3.00 bits per heavy atom. The van der Waals surface area contributed by atoms with Crippen LogP contribution in [0.15, 0.2) is 0 Å². The number of rotatable bonds is 1. The summed E-state index contributed by atoms with van der Waals surface area (Å²) >= 11 is 0. The van der Waals surface area contributed by atoms with Crippen molar-refractivity contribution in [1.29, 1.82) is 0 Å². The summed E-state index contributed by atoms with van der Waals surface area (Å²) in [5.41, 5.74) is 1.67. The molecule has 0 radical (unpaired) electrons. The Bertz CT molecular complexity index is 396. The van der Waals surface area contributed by atoms with Crippen molar-refractivity contribution in [2.45, 2.75) is 32.7 Å². The Morgan fingerprint density at radius 1 is 1.60 bits per heavy atom. The molecule has 1 amide bonds. The molecule has 1 aromatic rings. The van der Waals surface area contributed by atoms with Gasteiger partial charge in [-0.3, -0.25) is 9.48 Å². The number of anilines is 2. The number of aryl methyl sites for hydroxylation is 2. The number of amides is 1. The van der Waals surface area contributed by atoms with Gasteiger partial charge in [0.05, 0.1) is 5.69 Å². The van der Waals surface area contributed by atoms with E-state index in [4.69, 9.17) is 0 Å². The lowest BCUT2D eigenvalue weighted by Crippen LogP contribution is -2.23. The molecule has 1 atom stereocenters. The van der Waals surface area contributed by atoms with Crippen molar-refractivity contribution in [2.75, 3.05) is 10.6 Å². The van der Waals surface area contributed by atoms with Crippen LogP contribution in [0.5, 0.6) is 0 Å². The SMILES string of the molecule is CCC1CC(=O)Nc2c(C)nn(C)c2N1. The Hall–Kier alpha value is -1.52. The van der Waals surface area contributed by atoms with Crippen molar-refractivity contribution in [1.82, 2.24) is 9.78 Å². The standard InChI is InChI=1S/C10H16N4O/c1-4-7-5-8(15)12-9-6(2)13-14(3)10(9)11-7/h7,11H,4-5H2,1-3H3,(H,12,15). The second-order valence-electron chi connectivity index (χ2n) is 3.93. The van der Waals surface area contributed by atoms with Gasteiger partial charge in [-0.2, -0.15) is 5.10 Å². The van der Waals surface area contributed by atoms with Crippen molar-refractivity contribution in [3.05, 3.63) is 5.69 Å². The Kier molecular flexibility index (Phi) is 2.38. The quantitative estimate of drug-likeness (QED) is 0.730. The largest absolute Gasteiger partial charge is 0.365 e. The van der Waals surface area contributed by atoms with Crippen LogP contribution in [0.4, 0.5) is 11.5 Å². The number of carbonyl (C=O) groups is 1. The summed E-state index contributed by atoms with van der Waals surface area (Å²) in [6.07, 6.45) is 1.45. The van der Waals surface area contributed by atoms with Crippen LogP contribution in [0.1, 0.15) is 25.5 Å². The van der Waals surface area contributed by atoms with E-state index in [9.17, 15) is 4.79 Å².